The number of hydrogen-bond acceptors (Lipinski definition) is 8. The Morgan fingerprint density at radius 2 is 1.84 bits per heavy atom. The number of rotatable bonds is 9. The SMILES string of the molecule is CCOC(=O)C1=C(c2ccccc2)N=C2SC=C(CC(=O)N(C)CC)N2[C@@H]1c1ccc(OC)cc1OC. The summed E-state index contributed by atoms with van der Waals surface area (Å²) in [4.78, 5) is 35.1. The van der Waals surface area contributed by atoms with Crippen LogP contribution in [0.3, 0.4) is 0 Å². The molecule has 2 aliphatic rings. The Labute approximate surface area is 221 Å². The van der Waals surface area contributed by atoms with Gasteiger partial charge in [0.1, 0.15) is 11.5 Å². The summed E-state index contributed by atoms with van der Waals surface area (Å²) in [7, 11) is 4.94. The Hall–Kier alpha value is -3.72. The third-order valence-electron chi connectivity index (χ3n) is 6.32. The van der Waals surface area contributed by atoms with Gasteiger partial charge in [-0.05, 0) is 31.4 Å². The van der Waals surface area contributed by atoms with E-state index in [1.54, 1.807) is 39.2 Å². The molecule has 0 radical (unpaired) electrons. The van der Waals surface area contributed by atoms with Gasteiger partial charge >= 0.3 is 5.97 Å². The fourth-order valence-corrected chi connectivity index (χ4v) is 5.21. The zero-order valence-electron chi connectivity index (χ0n) is 21.7. The first kappa shape index (κ1) is 26.3. The molecule has 0 bridgehead atoms. The first-order valence-electron chi connectivity index (χ1n) is 12.1. The van der Waals surface area contributed by atoms with E-state index in [1.165, 1.54) is 11.8 Å². The number of amides is 1. The minimum Gasteiger partial charge on any atom is -0.497 e. The molecule has 194 valence electrons. The van der Waals surface area contributed by atoms with Crippen LogP contribution in [-0.2, 0) is 14.3 Å². The minimum atomic E-state index is -0.636. The Morgan fingerprint density at radius 1 is 1.08 bits per heavy atom. The van der Waals surface area contributed by atoms with E-state index in [4.69, 9.17) is 19.2 Å². The van der Waals surface area contributed by atoms with E-state index in [2.05, 4.69) is 0 Å². The summed E-state index contributed by atoms with van der Waals surface area (Å²) in [6.45, 7) is 4.52. The first-order valence-corrected chi connectivity index (χ1v) is 13.0. The molecule has 2 aromatic carbocycles. The van der Waals surface area contributed by atoms with Gasteiger partial charge in [-0.3, -0.25) is 4.79 Å². The van der Waals surface area contributed by atoms with E-state index in [0.29, 0.717) is 34.5 Å². The number of methoxy groups -OCH3 is 2. The summed E-state index contributed by atoms with van der Waals surface area (Å²) < 4.78 is 16.7. The number of carbonyl (C=O) groups excluding carboxylic acids is 2. The second-order valence-corrected chi connectivity index (χ2v) is 9.27. The van der Waals surface area contributed by atoms with Gasteiger partial charge in [0.25, 0.3) is 0 Å². The Kier molecular flexibility index (Phi) is 8.23. The fraction of sp³-hybridized carbons (Fsp3) is 0.321. The highest BCUT2D eigenvalue weighted by molar-refractivity contribution is 8.16. The highest BCUT2D eigenvalue weighted by Crippen LogP contribution is 2.49. The van der Waals surface area contributed by atoms with Crippen molar-refractivity contribution in [2.24, 2.45) is 4.99 Å². The maximum Gasteiger partial charge on any atom is 0.338 e. The van der Waals surface area contributed by atoms with E-state index < -0.39 is 12.0 Å². The molecule has 0 unspecified atom stereocenters. The van der Waals surface area contributed by atoms with Crippen LogP contribution in [0, 0.1) is 0 Å². The van der Waals surface area contributed by atoms with Gasteiger partial charge in [0.2, 0.25) is 5.91 Å². The van der Waals surface area contributed by atoms with Gasteiger partial charge in [-0.25, -0.2) is 9.79 Å². The number of thioether (sulfide) groups is 1. The van der Waals surface area contributed by atoms with Crippen LogP contribution in [0.1, 0.15) is 37.4 Å². The molecule has 8 nitrogen and oxygen atoms in total. The molecular formula is C28H31N3O5S. The van der Waals surface area contributed by atoms with Crippen molar-refractivity contribution in [3.63, 3.8) is 0 Å². The predicted molar refractivity (Wildman–Crippen MR) is 145 cm³/mol. The van der Waals surface area contributed by atoms with Gasteiger partial charge in [0.15, 0.2) is 5.17 Å². The number of aliphatic imine (C=N–C) groups is 1. The molecular weight excluding hydrogens is 490 g/mol. The molecule has 0 saturated heterocycles. The number of esters is 1. The van der Waals surface area contributed by atoms with E-state index in [-0.39, 0.29) is 18.9 Å². The lowest BCUT2D eigenvalue weighted by atomic mass is 9.90. The normalized spacial score (nSPS) is 16.6. The summed E-state index contributed by atoms with van der Waals surface area (Å²) in [5, 5.41) is 2.61. The van der Waals surface area contributed by atoms with Crippen LogP contribution < -0.4 is 9.47 Å². The Bertz CT molecular complexity index is 1270. The summed E-state index contributed by atoms with van der Waals surface area (Å²) in [5.41, 5.74) is 3.20. The van der Waals surface area contributed by atoms with Crippen molar-refractivity contribution in [3.8, 4) is 11.5 Å². The molecule has 0 aromatic heterocycles. The maximum absolute atomic E-state index is 13.6. The van der Waals surface area contributed by atoms with Crippen molar-refractivity contribution in [2.45, 2.75) is 26.3 Å². The van der Waals surface area contributed by atoms with Crippen LogP contribution in [0.15, 0.2) is 70.2 Å². The number of nitrogens with zero attached hydrogens (tertiary/aromatic N) is 3. The largest absolute Gasteiger partial charge is 0.497 e. The topological polar surface area (TPSA) is 80.7 Å². The van der Waals surface area contributed by atoms with Crippen molar-refractivity contribution >= 4 is 34.5 Å². The third-order valence-corrected chi connectivity index (χ3v) is 7.21. The molecule has 1 atom stereocenters. The number of amidine groups is 1. The average Bonchev–Trinajstić information content (AvgIpc) is 3.33. The van der Waals surface area contributed by atoms with Crippen molar-refractivity contribution in [1.29, 1.82) is 0 Å². The standard InChI is InChI=1S/C28H31N3O5S/c1-6-30(3)23(32)15-19-17-37-28-29-25(18-11-9-8-10-12-18)24(27(33)36-7-2)26(31(19)28)21-14-13-20(34-4)16-22(21)35-5/h8-14,16-17,26H,6-7,15H2,1-5H3/t26-/m1/s1. The molecule has 9 heteroatoms. The lowest BCUT2D eigenvalue weighted by Gasteiger charge is -2.37. The molecule has 4 rings (SSSR count). The zero-order chi connectivity index (χ0) is 26.5. The smallest absolute Gasteiger partial charge is 0.338 e. The van der Waals surface area contributed by atoms with Gasteiger partial charge < -0.3 is 24.0 Å². The number of hydrogen-bond donors (Lipinski definition) is 0. The van der Waals surface area contributed by atoms with Gasteiger partial charge in [0.05, 0.1) is 44.6 Å². The Balaban J connectivity index is 1.94. The van der Waals surface area contributed by atoms with Crippen molar-refractivity contribution in [3.05, 3.63) is 76.3 Å². The zero-order valence-corrected chi connectivity index (χ0v) is 22.5. The quantitative estimate of drug-likeness (QED) is 0.437. The number of carbonyl (C=O) groups is 2. The van der Waals surface area contributed by atoms with Crippen LogP contribution in [-0.4, -0.2) is 61.3 Å². The van der Waals surface area contributed by atoms with E-state index in [1.807, 2.05) is 59.7 Å². The molecule has 0 fully saturated rings. The molecule has 1 amide bonds. The average molecular weight is 522 g/mol. The van der Waals surface area contributed by atoms with Crippen LogP contribution in [0.5, 0.6) is 11.5 Å². The second kappa shape index (κ2) is 11.6. The highest BCUT2D eigenvalue weighted by Gasteiger charge is 2.43. The lowest BCUT2D eigenvalue weighted by molar-refractivity contribution is -0.139. The summed E-state index contributed by atoms with van der Waals surface area (Å²) in [6.07, 6.45) is 0.169. The molecule has 0 aliphatic carbocycles. The first-order chi connectivity index (χ1) is 17.9. The number of ether oxygens (including phenoxy) is 3. The van der Waals surface area contributed by atoms with E-state index >= 15 is 0 Å². The second-order valence-electron chi connectivity index (χ2n) is 8.44. The van der Waals surface area contributed by atoms with Crippen LogP contribution in [0.2, 0.25) is 0 Å². The van der Waals surface area contributed by atoms with Crippen molar-refractivity contribution in [1.82, 2.24) is 9.80 Å². The van der Waals surface area contributed by atoms with E-state index in [9.17, 15) is 9.59 Å². The molecule has 2 aliphatic heterocycles. The number of fused-ring (bicyclic) bond motifs is 1. The molecule has 2 heterocycles. The van der Waals surface area contributed by atoms with Crippen molar-refractivity contribution < 1.29 is 23.8 Å². The van der Waals surface area contributed by atoms with Gasteiger partial charge in [-0.15, -0.1) is 0 Å². The third kappa shape index (κ3) is 5.22. The van der Waals surface area contributed by atoms with Crippen LogP contribution in [0.4, 0.5) is 0 Å². The molecule has 0 spiro atoms. The van der Waals surface area contributed by atoms with Gasteiger partial charge in [-0.1, -0.05) is 42.1 Å². The predicted octanol–water partition coefficient (Wildman–Crippen LogP) is 4.85. The molecule has 2 aromatic rings. The van der Waals surface area contributed by atoms with Crippen LogP contribution in [0.25, 0.3) is 5.70 Å². The van der Waals surface area contributed by atoms with Gasteiger partial charge in [-0.2, -0.15) is 0 Å². The summed E-state index contributed by atoms with van der Waals surface area (Å²) in [5.74, 6) is 0.682. The molecule has 37 heavy (non-hydrogen) atoms. The Morgan fingerprint density at radius 3 is 2.49 bits per heavy atom. The minimum absolute atomic E-state index is 0.0217. The number of benzene rings is 2. The van der Waals surface area contributed by atoms with Crippen molar-refractivity contribution in [2.75, 3.05) is 34.4 Å². The lowest BCUT2D eigenvalue weighted by Crippen LogP contribution is -2.38. The summed E-state index contributed by atoms with van der Waals surface area (Å²) >= 11 is 1.43. The molecule has 0 saturated carbocycles. The molecule has 0 N–H and O–H groups in total. The van der Waals surface area contributed by atoms with Gasteiger partial charge in [0, 0.05) is 36.5 Å². The van der Waals surface area contributed by atoms with Crippen LogP contribution >= 0.6 is 11.8 Å². The fourth-order valence-electron chi connectivity index (χ4n) is 4.29. The highest BCUT2D eigenvalue weighted by atomic mass is 32.2. The van der Waals surface area contributed by atoms with E-state index in [0.717, 1.165) is 16.8 Å². The summed E-state index contributed by atoms with van der Waals surface area (Å²) in [6, 6.07) is 14.4. The maximum atomic E-state index is 13.6. The monoisotopic (exact) mass is 521 g/mol.